The van der Waals surface area contributed by atoms with Gasteiger partial charge in [-0.15, -0.1) is 0 Å². The molecule has 290 valence electrons. The molecule has 0 saturated carbocycles. The number of unbranched alkanes of at least 4 members (excludes halogenated alkanes) is 21. The maximum atomic E-state index is 12.7. The van der Waals surface area contributed by atoms with Gasteiger partial charge < -0.3 is 15.2 Å². The first-order chi connectivity index (χ1) is 24.5. The van der Waals surface area contributed by atoms with Crippen LogP contribution in [0.4, 0.5) is 0 Å². The minimum Gasteiger partial charge on any atom is -0.480 e. The first-order valence-electron chi connectivity index (χ1n) is 21.1. The van der Waals surface area contributed by atoms with Gasteiger partial charge in [-0.3, -0.25) is 14.4 Å². The van der Waals surface area contributed by atoms with Crippen LogP contribution in [0.2, 0.25) is 0 Å². The molecule has 0 saturated heterocycles. The number of carboxylic acids is 1. The van der Waals surface area contributed by atoms with Crippen LogP contribution in [0.25, 0.3) is 0 Å². The smallest absolute Gasteiger partial charge is 0.322 e. The Bertz CT molecular complexity index is 864. The van der Waals surface area contributed by atoms with Gasteiger partial charge in [0.05, 0.1) is 0 Å². The van der Waals surface area contributed by atoms with Crippen molar-refractivity contribution in [1.82, 2.24) is 5.32 Å². The molecule has 0 bridgehead atoms. The van der Waals surface area contributed by atoms with Crippen molar-refractivity contribution in [2.24, 2.45) is 0 Å². The molecular weight excluding hydrogens is 622 g/mol. The molecule has 0 aromatic rings. The van der Waals surface area contributed by atoms with Crippen LogP contribution in [0.1, 0.15) is 213 Å². The van der Waals surface area contributed by atoms with E-state index in [2.05, 4.69) is 55.6 Å². The van der Waals surface area contributed by atoms with Gasteiger partial charge in [0.25, 0.3) is 0 Å². The van der Waals surface area contributed by atoms with Gasteiger partial charge in [-0.2, -0.15) is 0 Å². The lowest BCUT2D eigenvalue weighted by molar-refractivity contribution is -0.150. The summed E-state index contributed by atoms with van der Waals surface area (Å²) in [4.78, 5) is 35.0. The Balaban J connectivity index is 4.18. The van der Waals surface area contributed by atoms with E-state index in [1.54, 1.807) is 0 Å². The fourth-order valence-corrected chi connectivity index (χ4v) is 6.13. The molecule has 0 heterocycles. The number of carbonyl (C=O) groups excluding carboxylic acids is 2. The van der Waals surface area contributed by atoms with Crippen LogP contribution in [0, 0.1) is 0 Å². The fourth-order valence-electron chi connectivity index (χ4n) is 6.13. The summed E-state index contributed by atoms with van der Waals surface area (Å²) in [7, 11) is 0. The Morgan fingerprint density at radius 2 is 0.940 bits per heavy atom. The zero-order valence-electron chi connectivity index (χ0n) is 32.7. The summed E-state index contributed by atoms with van der Waals surface area (Å²) in [5.74, 6) is -1.26. The number of ether oxygens (including phenoxy) is 1. The molecular formula is C44H79NO5. The molecule has 2 N–H and O–H groups in total. The van der Waals surface area contributed by atoms with Crippen LogP contribution < -0.4 is 5.32 Å². The van der Waals surface area contributed by atoms with E-state index in [1.165, 1.54) is 109 Å². The Morgan fingerprint density at radius 1 is 0.520 bits per heavy atom. The van der Waals surface area contributed by atoms with Crippen LogP contribution in [0.3, 0.4) is 0 Å². The normalized spacial score (nSPS) is 12.4. The molecule has 0 aliphatic rings. The van der Waals surface area contributed by atoms with Gasteiger partial charge in [0.15, 0.2) is 0 Å². The van der Waals surface area contributed by atoms with Crippen LogP contribution in [-0.2, 0) is 19.1 Å². The number of hydrogen-bond donors (Lipinski definition) is 2. The zero-order chi connectivity index (χ0) is 36.6. The number of nitrogens with one attached hydrogen (secondary N) is 1. The van der Waals surface area contributed by atoms with Crippen molar-refractivity contribution in [3.63, 3.8) is 0 Å². The maximum Gasteiger partial charge on any atom is 0.322 e. The Hall–Kier alpha value is -2.37. The lowest BCUT2D eigenvalue weighted by Crippen LogP contribution is -2.28. The Kier molecular flexibility index (Phi) is 37.5. The topological polar surface area (TPSA) is 92.7 Å². The number of esters is 1. The fraction of sp³-hybridized carbons (Fsp3) is 0.795. The first-order valence-corrected chi connectivity index (χ1v) is 21.1. The highest BCUT2D eigenvalue weighted by Crippen LogP contribution is 2.18. The molecule has 0 fully saturated rings. The molecule has 6 heteroatoms. The van der Waals surface area contributed by atoms with Gasteiger partial charge in [-0.25, -0.2) is 0 Å². The van der Waals surface area contributed by atoms with E-state index in [1.807, 2.05) is 0 Å². The molecule has 0 spiro atoms. The summed E-state index contributed by atoms with van der Waals surface area (Å²) < 4.78 is 6.00. The highest BCUT2D eigenvalue weighted by atomic mass is 16.5. The molecule has 1 atom stereocenters. The largest absolute Gasteiger partial charge is 0.480 e. The molecule has 50 heavy (non-hydrogen) atoms. The van der Waals surface area contributed by atoms with Crippen molar-refractivity contribution >= 4 is 17.8 Å². The Labute approximate surface area is 308 Å². The molecule has 0 aliphatic heterocycles. The van der Waals surface area contributed by atoms with Gasteiger partial charge in [0.2, 0.25) is 5.91 Å². The van der Waals surface area contributed by atoms with E-state index in [4.69, 9.17) is 9.84 Å². The summed E-state index contributed by atoms with van der Waals surface area (Å²) in [6.07, 6.45) is 48.3. The number of rotatable bonds is 38. The molecule has 1 amide bonds. The maximum absolute atomic E-state index is 12.7. The molecule has 0 aromatic heterocycles. The first kappa shape index (κ1) is 47.6. The molecule has 1 unspecified atom stereocenters. The van der Waals surface area contributed by atoms with Crippen molar-refractivity contribution in [2.75, 3.05) is 6.54 Å². The van der Waals surface area contributed by atoms with Gasteiger partial charge in [-0.05, 0) is 89.9 Å². The summed E-state index contributed by atoms with van der Waals surface area (Å²) in [6.45, 7) is 4.19. The minimum absolute atomic E-state index is 0.00729. The second kappa shape index (κ2) is 39.4. The van der Waals surface area contributed by atoms with Crippen molar-refractivity contribution in [1.29, 1.82) is 0 Å². The van der Waals surface area contributed by atoms with E-state index in [0.717, 1.165) is 77.0 Å². The molecule has 6 nitrogen and oxygen atoms in total. The summed E-state index contributed by atoms with van der Waals surface area (Å²) in [5, 5.41) is 11.1. The number of hydrogen-bond acceptors (Lipinski definition) is 4. The minimum atomic E-state index is -1.02. The van der Waals surface area contributed by atoms with Crippen molar-refractivity contribution in [2.45, 2.75) is 219 Å². The van der Waals surface area contributed by atoms with E-state index < -0.39 is 5.97 Å². The third-order valence-corrected chi connectivity index (χ3v) is 9.28. The lowest BCUT2D eigenvalue weighted by atomic mass is 10.0. The van der Waals surface area contributed by atoms with Crippen LogP contribution in [0.5, 0.6) is 0 Å². The number of allylic oxidation sites excluding steroid dienone is 6. The van der Waals surface area contributed by atoms with Crippen molar-refractivity contribution in [3.05, 3.63) is 36.5 Å². The van der Waals surface area contributed by atoms with E-state index in [-0.39, 0.29) is 24.5 Å². The molecule has 0 rings (SSSR count). The summed E-state index contributed by atoms with van der Waals surface area (Å²) in [6, 6.07) is 0. The lowest BCUT2D eigenvalue weighted by Gasteiger charge is -2.18. The quantitative estimate of drug-likeness (QED) is 0.0380. The van der Waals surface area contributed by atoms with Crippen LogP contribution >= 0.6 is 0 Å². The third-order valence-electron chi connectivity index (χ3n) is 9.28. The number of carbonyl (C=O) groups is 3. The standard InChI is InChI=1S/C44H79NO5/c1-3-5-7-9-11-13-15-16-17-18-19-20-22-24-26-31-35-39-44(49)50-41(36-32-28-25-23-21-14-12-10-8-6-4-2)37-33-29-27-30-34-38-42(46)45-40-43(47)48/h11,13,16-17,23,25,41H,3-10,12,14-15,18-22,24,26-40H2,1-2H3,(H,45,46)(H,47,48)/b13-11-,17-16-,25-23-. The highest BCUT2D eigenvalue weighted by molar-refractivity contribution is 5.80. The Morgan fingerprint density at radius 3 is 1.52 bits per heavy atom. The molecule has 0 radical (unpaired) electrons. The van der Waals surface area contributed by atoms with E-state index >= 15 is 0 Å². The second-order valence-corrected chi connectivity index (χ2v) is 14.2. The predicted molar refractivity (Wildman–Crippen MR) is 212 cm³/mol. The SMILES string of the molecule is CCCCC/C=C\C/C=C\CCCCCCCCCC(=O)OC(CCC/C=C\CCCCCCCC)CCCCCCCC(=O)NCC(=O)O. The average molecular weight is 702 g/mol. The van der Waals surface area contributed by atoms with Gasteiger partial charge in [0.1, 0.15) is 12.6 Å². The predicted octanol–water partition coefficient (Wildman–Crippen LogP) is 12.9. The highest BCUT2D eigenvalue weighted by Gasteiger charge is 2.14. The van der Waals surface area contributed by atoms with Crippen LogP contribution in [0.15, 0.2) is 36.5 Å². The molecule has 0 aliphatic carbocycles. The molecule has 0 aromatic carbocycles. The van der Waals surface area contributed by atoms with Gasteiger partial charge >= 0.3 is 11.9 Å². The zero-order valence-corrected chi connectivity index (χ0v) is 32.7. The number of carboxylic acid groups (broad SMARTS) is 1. The third kappa shape index (κ3) is 38.4. The van der Waals surface area contributed by atoms with Crippen LogP contribution in [-0.4, -0.2) is 35.6 Å². The van der Waals surface area contributed by atoms with E-state index in [0.29, 0.717) is 12.8 Å². The summed E-state index contributed by atoms with van der Waals surface area (Å²) >= 11 is 0. The number of amides is 1. The van der Waals surface area contributed by atoms with Gasteiger partial charge in [-0.1, -0.05) is 147 Å². The second-order valence-electron chi connectivity index (χ2n) is 14.2. The van der Waals surface area contributed by atoms with Gasteiger partial charge in [0, 0.05) is 12.8 Å². The number of aliphatic carboxylic acids is 1. The average Bonchev–Trinajstić information content (AvgIpc) is 3.10. The summed E-state index contributed by atoms with van der Waals surface area (Å²) in [5.41, 5.74) is 0. The van der Waals surface area contributed by atoms with E-state index in [9.17, 15) is 14.4 Å². The van der Waals surface area contributed by atoms with Crippen molar-refractivity contribution < 1.29 is 24.2 Å². The monoisotopic (exact) mass is 702 g/mol. The van der Waals surface area contributed by atoms with Crippen molar-refractivity contribution in [3.8, 4) is 0 Å².